The number of pyridine rings is 1. The SMILES string of the molecule is COc1ccc(C(=O)Nc2cccc(CSc3ccccn3)c2)c(F)c1. The summed E-state index contributed by atoms with van der Waals surface area (Å²) in [4.78, 5) is 16.6. The fourth-order valence-corrected chi connectivity index (χ4v) is 3.14. The molecule has 4 nitrogen and oxygen atoms in total. The first-order valence-corrected chi connectivity index (χ1v) is 8.92. The lowest BCUT2D eigenvalue weighted by Crippen LogP contribution is -2.13. The summed E-state index contributed by atoms with van der Waals surface area (Å²) < 4.78 is 19.0. The van der Waals surface area contributed by atoms with E-state index < -0.39 is 11.7 Å². The molecule has 0 unspecified atom stereocenters. The molecule has 0 bridgehead atoms. The average molecular weight is 368 g/mol. The number of nitrogens with zero attached hydrogens (tertiary/aromatic N) is 1. The van der Waals surface area contributed by atoms with Crippen molar-refractivity contribution in [3.05, 3.63) is 83.8 Å². The molecule has 0 aliphatic carbocycles. The van der Waals surface area contributed by atoms with Gasteiger partial charge in [-0.25, -0.2) is 9.37 Å². The monoisotopic (exact) mass is 368 g/mol. The Kier molecular flexibility index (Phi) is 5.86. The normalized spacial score (nSPS) is 10.4. The number of ether oxygens (including phenoxy) is 1. The van der Waals surface area contributed by atoms with E-state index in [1.54, 1.807) is 30.1 Å². The molecule has 0 fully saturated rings. The molecule has 0 saturated heterocycles. The lowest BCUT2D eigenvalue weighted by Gasteiger charge is -2.09. The first kappa shape index (κ1) is 17.9. The van der Waals surface area contributed by atoms with Crippen LogP contribution in [-0.2, 0) is 5.75 Å². The minimum atomic E-state index is -0.622. The van der Waals surface area contributed by atoms with E-state index in [1.165, 1.54) is 19.2 Å². The van der Waals surface area contributed by atoms with Crippen LogP contribution >= 0.6 is 11.8 Å². The van der Waals surface area contributed by atoms with E-state index in [1.807, 2.05) is 36.4 Å². The highest BCUT2D eigenvalue weighted by Crippen LogP contribution is 2.23. The fraction of sp³-hybridized carbons (Fsp3) is 0.100. The number of benzene rings is 2. The number of anilines is 1. The van der Waals surface area contributed by atoms with Gasteiger partial charge < -0.3 is 10.1 Å². The maximum Gasteiger partial charge on any atom is 0.258 e. The quantitative estimate of drug-likeness (QED) is 0.637. The number of amides is 1. The van der Waals surface area contributed by atoms with Crippen LogP contribution in [0, 0.1) is 5.82 Å². The van der Waals surface area contributed by atoms with Gasteiger partial charge in [0.05, 0.1) is 17.7 Å². The molecule has 0 aliphatic heterocycles. The fourth-order valence-electron chi connectivity index (χ4n) is 2.33. The van der Waals surface area contributed by atoms with Crippen LogP contribution in [0.4, 0.5) is 10.1 Å². The number of hydrogen-bond acceptors (Lipinski definition) is 4. The van der Waals surface area contributed by atoms with E-state index in [0.717, 1.165) is 16.3 Å². The maximum atomic E-state index is 14.0. The van der Waals surface area contributed by atoms with Crippen LogP contribution in [0.25, 0.3) is 0 Å². The summed E-state index contributed by atoms with van der Waals surface area (Å²) >= 11 is 1.61. The number of nitrogens with one attached hydrogen (secondary N) is 1. The van der Waals surface area contributed by atoms with Gasteiger partial charge in [-0.3, -0.25) is 4.79 Å². The van der Waals surface area contributed by atoms with Gasteiger partial charge in [0.2, 0.25) is 0 Å². The molecule has 0 spiro atoms. The minimum absolute atomic E-state index is 0.0286. The summed E-state index contributed by atoms with van der Waals surface area (Å²) in [5.41, 5.74) is 1.62. The molecule has 3 rings (SSSR count). The Hall–Kier alpha value is -2.86. The van der Waals surface area contributed by atoms with Crippen molar-refractivity contribution in [3.8, 4) is 5.75 Å². The molecule has 3 aromatic rings. The predicted molar refractivity (Wildman–Crippen MR) is 101 cm³/mol. The zero-order chi connectivity index (χ0) is 18.4. The molecule has 1 amide bonds. The van der Waals surface area contributed by atoms with E-state index in [2.05, 4.69) is 10.3 Å². The zero-order valence-corrected chi connectivity index (χ0v) is 14.9. The second-order valence-electron chi connectivity index (χ2n) is 5.46. The molecule has 1 N–H and O–H groups in total. The Bertz CT molecular complexity index is 903. The van der Waals surface area contributed by atoms with Gasteiger partial charge >= 0.3 is 0 Å². The van der Waals surface area contributed by atoms with Gasteiger partial charge in [-0.1, -0.05) is 18.2 Å². The highest BCUT2D eigenvalue weighted by molar-refractivity contribution is 7.98. The third-order valence-electron chi connectivity index (χ3n) is 3.63. The van der Waals surface area contributed by atoms with Crippen LogP contribution in [0.15, 0.2) is 71.9 Å². The van der Waals surface area contributed by atoms with Crippen molar-refractivity contribution in [1.29, 1.82) is 0 Å². The molecule has 1 heterocycles. The van der Waals surface area contributed by atoms with E-state index in [9.17, 15) is 9.18 Å². The summed E-state index contributed by atoms with van der Waals surface area (Å²) in [6, 6.07) is 17.4. The summed E-state index contributed by atoms with van der Waals surface area (Å²) in [5.74, 6) is -0.0339. The minimum Gasteiger partial charge on any atom is -0.497 e. The van der Waals surface area contributed by atoms with Gasteiger partial charge in [0.15, 0.2) is 0 Å². The van der Waals surface area contributed by atoms with Gasteiger partial charge in [-0.15, -0.1) is 11.8 Å². The van der Waals surface area contributed by atoms with Crippen LogP contribution in [0.2, 0.25) is 0 Å². The maximum absolute atomic E-state index is 14.0. The highest BCUT2D eigenvalue weighted by Gasteiger charge is 2.13. The third kappa shape index (κ3) is 4.61. The molecule has 2 aromatic carbocycles. The van der Waals surface area contributed by atoms with Crippen LogP contribution in [0.1, 0.15) is 15.9 Å². The number of hydrogen-bond donors (Lipinski definition) is 1. The number of rotatable bonds is 6. The molecule has 1 aromatic heterocycles. The predicted octanol–water partition coefficient (Wildman–Crippen LogP) is 4.77. The Labute approximate surface area is 155 Å². The van der Waals surface area contributed by atoms with Crippen molar-refractivity contribution < 1.29 is 13.9 Å². The lowest BCUT2D eigenvalue weighted by atomic mass is 10.1. The van der Waals surface area contributed by atoms with Gasteiger partial charge in [-0.05, 0) is 42.0 Å². The molecule has 0 radical (unpaired) electrons. The molecule has 0 saturated carbocycles. The van der Waals surface area contributed by atoms with Crippen LogP contribution in [0.5, 0.6) is 5.75 Å². The van der Waals surface area contributed by atoms with E-state index in [-0.39, 0.29) is 5.56 Å². The molecule has 6 heteroatoms. The first-order chi connectivity index (χ1) is 12.7. The van der Waals surface area contributed by atoms with Crippen LogP contribution < -0.4 is 10.1 Å². The smallest absolute Gasteiger partial charge is 0.258 e. The Morgan fingerprint density at radius 1 is 1.15 bits per heavy atom. The van der Waals surface area contributed by atoms with E-state index in [0.29, 0.717) is 11.4 Å². The van der Waals surface area contributed by atoms with Gasteiger partial charge in [0.1, 0.15) is 11.6 Å². The van der Waals surface area contributed by atoms with Crippen molar-refractivity contribution >= 4 is 23.4 Å². The van der Waals surface area contributed by atoms with Crippen molar-refractivity contribution in [2.24, 2.45) is 0 Å². The van der Waals surface area contributed by atoms with Crippen molar-refractivity contribution in [2.75, 3.05) is 12.4 Å². The summed E-state index contributed by atoms with van der Waals surface area (Å²) in [6.45, 7) is 0. The van der Waals surface area contributed by atoms with Crippen LogP contribution in [-0.4, -0.2) is 18.0 Å². The largest absolute Gasteiger partial charge is 0.497 e. The second kappa shape index (κ2) is 8.49. The lowest BCUT2D eigenvalue weighted by molar-refractivity contribution is 0.102. The molecule has 0 aliphatic rings. The van der Waals surface area contributed by atoms with Crippen molar-refractivity contribution in [1.82, 2.24) is 4.98 Å². The molecule has 132 valence electrons. The first-order valence-electron chi connectivity index (χ1n) is 7.93. The van der Waals surface area contributed by atoms with Gasteiger partial charge in [0, 0.05) is 23.7 Å². The van der Waals surface area contributed by atoms with Gasteiger partial charge in [0.25, 0.3) is 5.91 Å². The number of carbonyl (C=O) groups excluding carboxylic acids is 1. The number of carbonyl (C=O) groups is 1. The Morgan fingerprint density at radius 2 is 2.04 bits per heavy atom. The van der Waals surface area contributed by atoms with Crippen molar-refractivity contribution in [2.45, 2.75) is 10.8 Å². The standard InChI is InChI=1S/C20H17FN2O2S/c1-25-16-8-9-17(18(21)12-16)20(24)23-15-6-4-5-14(11-15)13-26-19-7-2-3-10-22-19/h2-12H,13H2,1H3,(H,23,24). The molecular formula is C20H17FN2O2S. The Balaban J connectivity index is 1.67. The van der Waals surface area contributed by atoms with Crippen molar-refractivity contribution in [3.63, 3.8) is 0 Å². The van der Waals surface area contributed by atoms with Gasteiger partial charge in [-0.2, -0.15) is 0 Å². The topological polar surface area (TPSA) is 51.2 Å². The summed E-state index contributed by atoms with van der Waals surface area (Å²) in [6.07, 6.45) is 1.75. The van der Waals surface area contributed by atoms with E-state index in [4.69, 9.17) is 4.74 Å². The number of halogens is 1. The highest BCUT2D eigenvalue weighted by atomic mass is 32.2. The molecule has 0 atom stereocenters. The Morgan fingerprint density at radius 3 is 2.77 bits per heavy atom. The summed E-state index contributed by atoms with van der Waals surface area (Å²) in [5, 5.41) is 3.66. The summed E-state index contributed by atoms with van der Waals surface area (Å²) in [7, 11) is 1.45. The number of thioether (sulfide) groups is 1. The molecule has 26 heavy (non-hydrogen) atoms. The third-order valence-corrected chi connectivity index (χ3v) is 4.65. The number of methoxy groups -OCH3 is 1. The second-order valence-corrected chi connectivity index (χ2v) is 6.45. The van der Waals surface area contributed by atoms with Crippen LogP contribution in [0.3, 0.4) is 0 Å². The van der Waals surface area contributed by atoms with E-state index >= 15 is 0 Å². The zero-order valence-electron chi connectivity index (χ0n) is 14.1. The average Bonchev–Trinajstić information content (AvgIpc) is 2.67. The molecular weight excluding hydrogens is 351 g/mol. The number of aromatic nitrogens is 1.